The summed E-state index contributed by atoms with van der Waals surface area (Å²) in [6, 6.07) is 16.9. The summed E-state index contributed by atoms with van der Waals surface area (Å²) in [6.07, 6.45) is -0.732. The number of benzene rings is 4. The van der Waals surface area contributed by atoms with Crippen LogP contribution in [0.15, 0.2) is 82.0 Å². The summed E-state index contributed by atoms with van der Waals surface area (Å²) >= 11 is 0. The van der Waals surface area contributed by atoms with Gasteiger partial charge in [-0.1, -0.05) is 12.1 Å². The lowest BCUT2D eigenvalue weighted by Crippen LogP contribution is -2.20. The Labute approximate surface area is 225 Å². The van der Waals surface area contributed by atoms with Gasteiger partial charge in [-0.15, -0.1) is 0 Å². The Morgan fingerprint density at radius 2 is 1.50 bits per heavy atom. The van der Waals surface area contributed by atoms with Gasteiger partial charge in [0.25, 0.3) is 0 Å². The van der Waals surface area contributed by atoms with Crippen molar-refractivity contribution in [1.29, 1.82) is 0 Å². The Bertz CT molecular complexity index is 1850. The number of hydrogen-bond acceptors (Lipinski definition) is 10. The molecule has 1 atom stereocenters. The average Bonchev–Trinajstić information content (AvgIpc) is 2.90. The summed E-state index contributed by atoms with van der Waals surface area (Å²) in [4.78, 5) is 25.5. The van der Waals surface area contributed by atoms with Crippen molar-refractivity contribution in [2.45, 2.75) is 12.5 Å². The zero-order valence-corrected chi connectivity index (χ0v) is 20.5. The van der Waals surface area contributed by atoms with Crippen LogP contribution < -0.4 is 14.9 Å². The number of ether oxygens (including phenoxy) is 2. The van der Waals surface area contributed by atoms with E-state index in [-0.39, 0.29) is 69.0 Å². The fraction of sp³-hybridized carbons (Fsp3) is 0.0667. The Hall–Kier alpha value is -5.64. The van der Waals surface area contributed by atoms with Gasteiger partial charge in [0.15, 0.2) is 22.7 Å². The molecule has 0 fully saturated rings. The van der Waals surface area contributed by atoms with Crippen LogP contribution in [-0.4, -0.2) is 31.3 Å². The molecule has 0 saturated carbocycles. The minimum atomic E-state index is -0.690. The SMILES string of the molecule is O=C1CC(c2ccc(Oc3c(O)cc4oc(-c5ccc(O)cc5)cc(=O)c4c3O)cc2)Oc2cc(O)cc(O)c21. The lowest BCUT2D eigenvalue weighted by molar-refractivity contribution is 0.0845. The maximum Gasteiger partial charge on any atom is 0.211 e. The van der Waals surface area contributed by atoms with Gasteiger partial charge < -0.3 is 39.4 Å². The van der Waals surface area contributed by atoms with Crippen LogP contribution >= 0.6 is 0 Å². The molecule has 4 aromatic carbocycles. The Balaban J connectivity index is 1.28. The van der Waals surface area contributed by atoms with Crippen LogP contribution in [0.2, 0.25) is 0 Å². The van der Waals surface area contributed by atoms with Crippen LogP contribution in [0.1, 0.15) is 28.4 Å². The van der Waals surface area contributed by atoms with Gasteiger partial charge in [0, 0.05) is 29.8 Å². The number of Topliss-reactive ketones (excluding diaryl/α,β-unsaturated/α-hetero) is 1. The molecule has 0 bridgehead atoms. The lowest BCUT2D eigenvalue weighted by atomic mass is 9.95. The third-order valence-electron chi connectivity index (χ3n) is 6.54. The van der Waals surface area contributed by atoms with E-state index in [0.717, 1.165) is 12.1 Å². The molecule has 0 spiro atoms. The first-order chi connectivity index (χ1) is 19.2. The van der Waals surface area contributed by atoms with Gasteiger partial charge in [-0.25, -0.2) is 0 Å². The number of carbonyl (C=O) groups excluding carboxylic acids is 1. The molecule has 5 N–H and O–H groups in total. The molecular formula is C30H20O10. The highest BCUT2D eigenvalue weighted by Gasteiger charge is 2.31. The summed E-state index contributed by atoms with van der Waals surface area (Å²) in [5.41, 5.74) is 0.486. The van der Waals surface area contributed by atoms with E-state index in [1.54, 1.807) is 24.3 Å². The number of ketones is 1. The van der Waals surface area contributed by atoms with Gasteiger partial charge >= 0.3 is 0 Å². The van der Waals surface area contributed by atoms with E-state index in [2.05, 4.69) is 0 Å². The van der Waals surface area contributed by atoms with Crippen molar-refractivity contribution in [2.24, 2.45) is 0 Å². The summed E-state index contributed by atoms with van der Waals surface area (Å²) < 4.78 is 17.3. The lowest BCUT2D eigenvalue weighted by Gasteiger charge is -2.26. The Kier molecular flexibility index (Phi) is 5.73. The van der Waals surface area contributed by atoms with Crippen molar-refractivity contribution < 1.29 is 44.2 Å². The number of fused-ring (bicyclic) bond motifs is 2. The number of hydrogen-bond donors (Lipinski definition) is 5. The third-order valence-corrected chi connectivity index (χ3v) is 6.54. The van der Waals surface area contributed by atoms with Crippen molar-refractivity contribution in [3.05, 3.63) is 94.1 Å². The van der Waals surface area contributed by atoms with Crippen LogP contribution in [0, 0.1) is 0 Å². The van der Waals surface area contributed by atoms with Crippen molar-refractivity contribution in [1.82, 2.24) is 0 Å². The summed E-state index contributed by atoms with van der Waals surface area (Å²) in [5, 5.41) is 50.4. The van der Waals surface area contributed by atoms with E-state index < -0.39 is 23.0 Å². The normalized spacial score (nSPS) is 14.5. The molecular weight excluding hydrogens is 520 g/mol. The van der Waals surface area contributed by atoms with Gasteiger partial charge in [-0.3, -0.25) is 9.59 Å². The molecule has 0 amide bonds. The molecule has 6 rings (SSSR count). The Morgan fingerprint density at radius 1 is 0.775 bits per heavy atom. The summed E-state index contributed by atoms with van der Waals surface area (Å²) in [6.45, 7) is 0. The molecule has 0 aliphatic carbocycles. The van der Waals surface area contributed by atoms with Gasteiger partial charge in [-0.05, 0) is 42.0 Å². The maximum absolute atomic E-state index is 12.9. The highest BCUT2D eigenvalue weighted by Crippen LogP contribution is 2.45. The van der Waals surface area contributed by atoms with Gasteiger partial charge in [0.2, 0.25) is 5.75 Å². The fourth-order valence-corrected chi connectivity index (χ4v) is 4.62. The monoisotopic (exact) mass is 540 g/mol. The van der Waals surface area contributed by atoms with Gasteiger partial charge in [0.05, 0.1) is 6.42 Å². The van der Waals surface area contributed by atoms with Crippen LogP contribution in [-0.2, 0) is 0 Å². The van der Waals surface area contributed by atoms with Gasteiger partial charge in [-0.2, -0.15) is 0 Å². The molecule has 1 aliphatic heterocycles. The van der Waals surface area contributed by atoms with Gasteiger partial charge in [0.1, 0.15) is 57.1 Å². The van der Waals surface area contributed by atoms with E-state index in [9.17, 15) is 35.1 Å². The first-order valence-corrected chi connectivity index (χ1v) is 12.0. The van der Waals surface area contributed by atoms with Crippen molar-refractivity contribution in [3.8, 4) is 57.3 Å². The van der Waals surface area contributed by atoms with E-state index in [1.165, 1.54) is 36.4 Å². The van der Waals surface area contributed by atoms with Crippen molar-refractivity contribution in [2.75, 3.05) is 0 Å². The predicted octanol–water partition coefficient (Wildman–Crippen LogP) is 5.49. The van der Waals surface area contributed by atoms with Crippen molar-refractivity contribution in [3.63, 3.8) is 0 Å². The predicted molar refractivity (Wildman–Crippen MR) is 142 cm³/mol. The molecule has 10 nitrogen and oxygen atoms in total. The highest BCUT2D eigenvalue weighted by molar-refractivity contribution is 6.02. The number of aromatic hydroxyl groups is 5. The molecule has 1 unspecified atom stereocenters. The largest absolute Gasteiger partial charge is 0.508 e. The number of rotatable bonds is 4. The second kappa shape index (κ2) is 9.28. The third kappa shape index (κ3) is 4.27. The molecule has 200 valence electrons. The molecule has 1 aromatic heterocycles. The second-order valence-electron chi connectivity index (χ2n) is 9.21. The highest BCUT2D eigenvalue weighted by atomic mass is 16.5. The average molecular weight is 540 g/mol. The van der Waals surface area contributed by atoms with Crippen LogP contribution in [0.4, 0.5) is 0 Å². The van der Waals surface area contributed by atoms with E-state index in [1.807, 2.05) is 0 Å². The second-order valence-corrected chi connectivity index (χ2v) is 9.21. The zero-order chi connectivity index (χ0) is 28.1. The smallest absolute Gasteiger partial charge is 0.211 e. The van der Waals surface area contributed by atoms with Crippen LogP contribution in [0.25, 0.3) is 22.3 Å². The fourth-order valence-electron chi connectivity index (χ4n) is 4.62. The molecule has 0 saturated heterocycles. The standard InChI is InChI=1S/C30H20O10/c31-16-5-1-14(2-6-16)24-12-21(35)28-26(40-24)13-22(36)30(29(28)37)38-18-7-3-15(4-8-18)23-11-20(34)27-19(33)9-17(32)10-25(27)39-23/h1-10,12-13,23,31-33,36-37H,11H2. The molecule has 2 heterocycles. The zero-order valence-electron chi connectivity index (χ0n) is 20.5. The first-order valence-electron chi connectivity index (χ1n) is 12.0. The first kappa shape index (κ1) is 24.7. The molecule has 1 aliphatic rings. The van der Waals surface area contributed by atoms with E-state index >= 15 is 0 Å². The van der Waals surface area contributed by atoms with Crippen LogP contribution in [0.5, 0.6) is 46.0 Å². The molecule has 10 heteroatoms. The minimum absolute atomic E-state index is 0.0101. The van der Waals surface area contributed by atoms with E-state index in [4.69, 9.17) is 13.9 Å². The Morgan fingerprint density at radius 3 is 2.23 bits per heavy atom. The quantitative estimate of drug-likeness (QED) is 0.197. The summed E-state index contributed by atoms with van der Waals surface area (Å²) in [5.74, 6) is -1.89. The molecule has 0 radical (unpaired) electrons. The molecule has 5 aromatic rings. The maximum atomic E-state index is 12.9. The molecule has 40 heavy (non-hydrogen) atoms. The number of phenolic OH excluding ortho intramolecular Hbond substituents is 5. The van der Waals surface area contributed by atoms with Crippen molar-refractivity contribution >= 4 is 16.8 Å². The van der Waals surface area contributed by atoms with E-state index in [0.29, 0.717) is 11.1 Å². The minimum Gasteiger partial charge on any atom is -0.508 e. The number of carbonyl (C=O) groups is 1. The topological polar surface area (TPSA) is 167 Å². The number of phenols is 5. The summed E-state index contributed by atoms with van der Waals surface area (Å²) in [7, 11) is 0. The van der Waals surface area contributed by atoms with Crippen LogP contribution in [0.3, 0.4) is 0 Å².